The molecule has 4 heteroatoms. The van der Waals surface area contributed by atoms with Crippen LogP contribution in [-0.2, 0) is 6.54 Å². The number of para-hydroxylation sites is 1. The molecule has 3 N–H and O–H groups in total. The van der Waals surface area contributed by atoms with E-state index in [9.17, 15) is 9.59 Å². The zero-order chi connectivity index (χ0) is 21.6. The van der Waals surface area contributed by atoms with Crippen LogP contribution in [0.3, 0.4) is 0 Å². The number of ketones is 2. The summed E-state index contributed by atoms with van der Waals surface area (Å²) in [7, 11) is 0. The molecule has 152 valence electrons. The molecule has 0 unspecified atom stereocenters. The summed E-state index contributed by atoms with van der Waals surface area (Å²) in [6, 6.07) is 31.1. The van der Waals surface area contributed by atoms with E-state index in [1.165, 1.54) is 0 Å². The predicted octanol–water partition coefficient (Wildman–Crippen LogP) is 5.34. The Morgan fingerprint density at radius 1 is 0.645 bits per heavy atom. The molecule has 0 bridgehead atoms. The van der Waals surface area contributed by atoms with E-state index >= 15 is 0 Å². The SMILES string of the molecule is Nc1ccc(CNc2ccccc2C(=O)c2ccccc2)cc1C(=O)c1ccccc1. The van der Waals surface area contributed by atoms with Crippen LogP contribution in [-0.4, -0.2) is 11.6 Å². The van der Waals surface area contributed by atoms with Crippen LogP contribution in [0.2, 0.25) is 0 Å². The summed E-state index contributed by atoms with van der Waals surface area (Å²) in [5.41, 5.74) is 10.5. The molecule has 0 saturated carbocycles. The lowest BCUT2D eigenvalue weighted by Crippen LogP contribution is -2.10. The van der Waals surface area contributed by atoms with Crippen LogP contribution in [0.5, 0.6) is 0 Å². The summed E-state index contributed by atoms with van der Waals surface area (Å²) in [6.45, 7) is 0.453. The van der Waals surface area contributed by atoms with Crippen LogP contribution in [0.4, 0.5) is 11.4 Å². The molecule has 0 heterocycles. The molecule has 0 aliphatic rings. The summed E-state index contributed by atoms with van der Waals surface area (Å²) in [5, 5.41) is 3.33. The van der Waals surface area contributed by atoms with E-state index in [0.29, 0.717) is 34.5 Å². The summed E-state index contributed by atoms with van der Waals surface area (Å²) >= 11 is 0. The van der Waals surface area contributed by atoms with Gasteiger partial charge in [0.15, 0.2) is 11.6 Å². The van der Waals surface area contributed by atoms with Gasteiger partial charge in [-0.15, -0.1) is 0 Å². The normalized spacial score (nSPS) is 10.5. The van der Waals surface area contributed by atoms with Crippen molar-refractivity contribution < 1.29 is 9.59 Å². The second kappa shape index (κ2) is 9.09. The minimum Gasteiger partial charge on any atom is -0.398 e. The number of rotatable bonds is 7. The average Bonchev–Trinajstić information content (AvgIpc) is 2.84. The standard InChI is InChI=1S/C27H22N2O2/c28-24-16-15-19(17-23(24)27(31)21-11-5-2-6-12-21)18-29-25-14-8-7-13-22(25)26(30)20-9-3-1-4-10-20/h1-17,29H,18,28H2. The fraction of sp³-hybridized carbons (Fsp3) is 0.0370. The first-order valence-electron chi connectivity index (χ1n) is 10.0. The molecule has 0 radical (unpaired) electrons. The Labute approximate surface area is 181 Å². The van der Waals surface area contributed by atoms with Gasteiger partial charge in [-0.2, -0.15) is 0 Å². The minimum absolute atomic E-state index is 0.0408. The Bertz CT molecular complexity index is 1220. The van der Waals surface area contributed by atoms with Crippen molar-refractivity contribution in [3.63, 3.8) is 0 Å². The van der Waals surface area contributed by atoms with Crippen molar-refractivity contribution in [1.29, 1.82) is 0 Å². The zero-order valence-electron chi connectivity index (χ0n) is 16.9. The summed E-state index contributed by atoms with van der Waals surface area (Å²) in [5.74, 6) is -0.152. The van der Waals surface area contributed by atoms with Gasteiger partial charge in [-0.1, -0.05) is 78.9 Å². The molecule has 0 spiro atoms. The third-order valence-corrected chi connectivity index (χ3v) is 5.09. The second-order valence-corrected chi connectivity index (χ2v) is 7.21. The van der Waals surface area contributed by atoms with Crippen LogP contribution in [0.15, 0.2) is 103 Å². The maximum absolute atomic E-state index is 12.9. The first kappa shape index (κ1) is 20.1. The number of carbonyl (C=O) groups excluding carboxylic acids is 2. The van der Waals surface area contributed by atoms with E-state index in [4.69, 9.17) is 5.73 Å². The lowest BCUT2D eigenvalue weighted by atomic mass is 9.99. The van der Waals surface area contributed by atoms with Crippen molar-refractivity contribution in [2.45, 2.75) is 6.54 Å². The van der Waals surface area contributed by atoms with Crippen molar-refractivity contribution in [3.8, 4) is 0 Å². The van der Waals surface area contributed by atoms with E-state index in [2.05, 4.69) is 5.32 Å². The predicted molar refractivity (Wildman–Crippen MR) is 124 cm³/mol. The van der Waals surface area contributed by atoms with Gasteiger partial charge in [0.2, 0.25) is 0 Å². The first-order valence-corrected chi connectivity index (χ1v) is 10.0. The number of anilines is 2. The van der Waals surface area contributed by atoms with Gasteiger partial charge in [-0.25, -0.2) is 0 Å². The van der Waals surface area contributed by atoms with Crippen LogP contribution in [0.1, 0.15) is 37.4 Å². The Morgan fingerprint density at radius 2 is 1.19 bits per heavy atom. The Morgan fingerprint density at radius 3 is 1.84 bits per heavy atom. The number of nitrogens with two attached hydrogens (primary N) is 1. The fourth-order valence-corrected chi connectivity index (χ4v) is 3.43. The minimum atomic E-state index is -0.111. The molecule has 4 aromatic rings. The molecule has 4 rings (SSSR count). The largest absolute Gasteiger partial charge is 0.398 e. The third kappa shape index (κ3) is 4.54. The Kier molecular flexibility index (Phi) is 5.90. The van der Waals surface area contributed by atoms with E-state index in [1.54, 1.807) is 36.4 Å². The summed E-state index contributed by atoms with van der Waals surface area (Å²) in [4.78, 5) is 25.8. The van der Waals surface area contributed by atoms with Gasteiger partial charge in [0.1, 0.15) is 0 Å². The van der Waals surface area contributed by atoms with Crippen LogP contribution < -0.4 is 11.1 Å². The molecule has 0 fully saturated rings. The molecular formula is C27H22N2O2. The molecule has 4 nitrogen and oxygen atoms in total. The van der Waals surface area contributed by atoms with Crippen LogP contribution in [0.25, 0.3) is 0 Å². The number of nitrogen functional groups attached to an aromatic ring is 1. The van der Waals surface area contributed by atoms with E-state index in [1.807, 2.05) is 66.7 Å². The molecule has 0 aliphatic heterocycles. The van der Waals surface area contributed by atoms with Gasteiger partial charge in [-0.3, -0.25) is 9.59 Å². The maximum Gasteiger partial charge on any atom is 0.195 e. The highest BCUT2D eigenvalue weighted by atomic mass is 16.1. The van der Waals surface area contributed by atoms with Crippen LogP contribution >= 0.6 is 0 Å². The van der Waals surface area contributed by atoms with Crippen molar-refractivity contribution >= 4 is 22.9 Å². The molecule has 0 saturated heterocycles. The lowest BCUT2D eigenvalue weighted by molar-refractivity contribution is 0.103. The van der Waals surface area contributed by atoms with Crippen molar-refractivity contribution in [1.82, 2.24) is 0 Å². The first-order chi connectivity index (χ1) is 15.1. The van der Waals surface area contributed by atoms with Gasteiger partial charge >= 0.3 is 0 Å². The highest BCUT2D eigenvalue weighted by Crippen LogP contribution is 2.22. The van der Waals surface area contributed by atoms with Crippen LogP contribution in [0, 0.1) is 0 Å². The molecular weight excluding hydrogens is 384 g/mol. The number of carbonyl (C=O) groups is 2. The summed E-state index contributed by atoms with van der Waals surface area (Å²) < 4.78 is 0. The number of nitrogens with one attached hydrogen (secondary N) is 1. The van der Waals surface area contributed by atoms with Crippen molar-refractivity contribution in [3.05, 3.63) is 131 Å². The topological polar surface area (TPSA) is 72.2 Å². The molecule has 0 aromatic heterocycles. The molecule has 4 aromatic carbocycles. The van der Waals surface area contributed by atoms with Gasteiger partial charge in [0, 0.05) is 40.2 Å². The number of hydrogen-bond acceptors (Lipinski definition) is 4. The highest BCUT2D eigenvalue weighted by molar-refractivity contribution is 6.13. The Balaban J connectivity index is 1.56. The fourth-order valence-electron chi connectivity index (χ4n) is 3.43. The smallest absolute Gasteiger partial charge is 0.195 e. The van der Waals surface area contributed by atoms with Gasteiger partial charge < -0.3 is 11.1 Å². The Hall–Kier alpha value is -4.18. The van der Waals surface area contributed by atoms with E-state index in [-0.39, 0.29) is 11.6 Å². The molecule has 0 amide bonds. The lowest BCUT2D eigenvalue weighted by Gasteiger charge is -2.13. The number of hydrogen-bond donors (Lipinski definition) is 2. The quantitative estimate of drug-likeness (QED) is 0.321. The molecule has 0 aliphatic carbocycles. The third-order valence-electron chi connectivity index (χ3n) is 5.09. The van der Waals surface area contributed by atoms with Crippen molar-refractivity contribution in [2.24, 2.45) is 0 Å². The van der Waals surface area contributed by atoms with Gasteiger partial charge in [0.05, 0.1) is 0 Å². The van der Waals surface area contributed by atoms with E-state index in [0.717, 1.165) is 11.3 Å². The molecule has 0 atom stereocenters. The van der Waals surface area contributed by atoms with Gasteiger partial charge in [0.25, 0.3) is 0 Å². The van der Waals surface area contributed by atoms with Gasteiger partial charge in [-0.05, 0) is 29.8 Å². The monoisotopic (exact) mass is 406 g/mol. The average molecular weight is 406 g/mol. The van der Waals surface area contributed by atoms with E-state index < -0.39 is 0 Å². The summed E-state index contributed by atoms with van der Waals surface area (Å²) in [6.07, 6.45) is 0. The number of benzene rings is 4. The highest BCUT2D eigenvalue weighted by Gasteiger charge is 2.15. The van der Waals surface area contributed by atoms with Crippen molar-refractivity contribution in [2.75, 3.05) is 11.1 Å². The zero-order valence-corrected chi connectivity index (χ0v) is 16.9. The molecule has 31 heavy (non-hydrogen) atoms. The second-order valence-electron chi connectivity index (χ2n) is 7.21. The maximum atomic E-state index is 12.9.